The summed E-state index contributed by atoms with van der Waals surface area (Å²) in [6.07, 6.45) is 7.30. The van der Waals surface area contributed by atoms with Gasteiger partial charge in [0.15, 0.2) is 0 Å². The lowest BCUT2D eigenvalue weighted by Crippen LogP contribution is -2.39. The summed E-state index contributed by atoms with van der Waals surface area (Å²) < 4.78 is 10.6. The molecule has 0 aromatic heterocycles. The van der Waals surface area contributed by atoms with Gasteiger partial charge in [0.25, 0.3) is 5.91 Å². The minimum atomic E-state index is -0.139. The molecule has 4 rings (SSSR count). The van der Waals surface area contributed by atoms with Gasteiger partial charge < -0.3 is 25.4 Å². The van der Waals surface area contributed by atoms with Crippen LogP contribution in [0.4, 0.5) is 5.69 Å². The number of hydrogen-bond donors (Lipinski definition) is 3. The molecule has 0 radical (unpaired) electrons. The Morgan fingerprint density at radius 2 is 1.75 bits per heavy atom. The van der Waals surface area contributed by atoms with Crippen molar-refractivity contribution in [1.29, 1.82) is 0 Å². The fourth-order valence-electron chi connectivity index (χ4n) is 5.59. The zero-order valence-corrected chi connectivity index (χ0v) is 21.5. The predicted octanol–water partition coefficient (Wildman–Crippen LogP) is 4.74. The number of ether oxygens (including phenoxy) is 2. The topological polar surface area (TPSA) is 88.7 Å². The molecule has 2 aliphatic rings. The molecule has 1 heterocycles. The smallest absolute Gasteiger partial charge is 0.251 e. The lowest BCUT2D eigenvalue weighted by molar-refractivity contribution is -0.127. The molecule has 0 spiro atoms. The SMILES string of the molecule is COc1cccc(C(=O)NCCC(C(=O)NCCC2CNc3ccc(OC)cc32)C2CCCCC2)c1. The van der Waals surface area contributed by atoms with Gasteiger partial charge in [0.1, 0.15) is 11.5 Å². The first kappa shape index (κ1) is 25.9. The van der Waals surface area contributed by atoms with Crippen LogP contribution in [-0.4, -0.2) is 45.7 Å². The lowest BCUT2D eigenvalue weighted by atomic mass is 9.78. The molecule has 2 aromatic rings. The Kier molecular flexibility index (Phi) is 9.09. The summed E-state index contributed by atoms with van der Waals surface area (Å²) in [6.45, 7) is 1.99. The third kappa shape index (κ3) is 6.50. The van der Waals surface area contributed by atoms with E-state index in [4.69, 9.17) is 9.47 Å². The van der Waals surface area contributed by atoms with Crippen LogP contribution in [0.5, 0.6) is 11.5 Å². The van der Waals surface area contributed by atoms with Crippen molar-refractivity contribution in [2.45, 2.75) is 50.9 Å². The molecule has 1 aliphatic heterocycles. The molecule has 0 saturated heterocycles. The van der Waals surface area contributed by atoms with Crippen molar-refractivity contribution in [1.82, 2.24) is 10.6 Å². The van der Waals surface area contributed by atoms with Crippen LogP contribution in [0.1, 0.15) is 66.8 Å². The second-order valence-corrected chi connectivity index (χ2v) is 9.89. The molecule has 2 amide bonds. The molecule has 1 saturated carbocycles. The van der Waals surface area contributed by atoms with E-state index >= 15 is 0 Å². The third-order valence-electron chi connectivity index (χ3n) is 7.66. The van der Waals surface area contributed by atoms with E-state index in [0.717, 1.165) is 37.2 Å². The quantitative estimate of drug-likeness (QED) is 0.421. The van der Waals surface area contributed by atoms with Crippen LogP contribution in [0.25, 0.3) is 0 Å². The van der Waals surface area contributed by atoms with E-state index in [1.165, 1.54) is 24.8 Å². The van der Waals surface area contributed by atoms with E-state index in [0.29, 0.717) is 42.7 Å². The van der Waals surface area contributed by atoms with Gasteiger partial charge in [-0.15, -0.1) is 0 Å². The van der Waals surface area contributed by atoms with Crippen molar-refractivity contribution in [3.05, 3.63) is 53.6 Å². The maximum Gasteiger partial charge on any atom is 0.251 e. The Morgan fingerprint density at radius 1 is 0.972 bits per heavy atom. The number of fused-ring (bicyclic) bond motifs is 1. The van der Waals surface area contributed by atoms with Gasteiger partial charge in [0, 0.05) is 42.7 Å². The summed E-state index contributed by atoms with van der Waals surface area (Å²) in [6, 6.07) is 13.2. The third-order valence-corrected chi connectivity index (χ3v) is 7.66. The van der Waals surface area contributed by atoms with Gasteiger partial charge >= 0.3 is 0 Å². The predicted molar refractivity (Wildman–Crippen MR) is 142 cm³/mol. The number of hydrogen-bond acceptors (Lipinski definition) is 5. The number of amides is 2. The van der Waals surface area contributed by atoms with Crippen LogP contribution in [-0.2, 0) is 4.79 Å². The number of rotatable bonds is 11. The van der Waals surface area contributed by atoms with E-state index in [1.807, 2.05) is 12.1 Å². The number of carbonyl (C=O) groups is 2. The summed E-state index contributed by atoms with van der Waals surface area (Å²) in [5.41, 5.74) is 2.97. The summed E-state index contributed by atoms with van der Waals surface area (Å²) in [5, 5.41) is 9.68. The van der Waals surface area contributed by atoms with Gasteiger partial charge in [0.05, 0.1) is 14.2 Å². The monoisotopic (exact) mass is 493 g/mol. The summed E-state index contributed by atoms with van der Waals surface area (Å²) in [5.74, 6) is 2.15. The van der Waals surface area contributed by atoms with Gasteiger partial charge in [-0.1, -0.05) is 25.3 Å². The van der Waals surface area contributed by atoms with Gasteiger partial charge in [0.2, 0.25) is 5.91 Å². The molecule has 7 nitrogen and oxygen atoms in total. The van der Waals surface area contributed by atoms with Crippen molar-refractivity contribution in [3.63, 3.8) is 0 Å². The number of methoxy groups -OCH3 is 2. The van der Waals surface area contributed by atoms with Crippen molar-refractivity contribution < 1.29 is 19.1 Å². The van der Waals surface area contributed by atoms with E-state index in [9.17, 15) is 9.59 Å². The molecule has 0 bridgehead atoms. The Morgan fingerprint density at radius 3 is 2.53 bits per heavy atom. The summed E-state index contributed by atoms with van der Waals surface area (Å²) in [7, 11) is 3.27. The Balaban J connectivity index is 1.30. The minimum absolute atomic E-state index is 0.0787. The fourth-order valence-corrected chi connectivity index (χ4v) is 5.59. The first-order chi connectivity index (χ1) is 17.6. The van der Waals surface area contributed by atoms with Crippen LogP contribution in [0.2, 0.25) is 0 Å². The van der Waals surface area contributed by atoms with E-state index in [1.54, 1.807) is 32.4 Å². The summed E-state index contributed by atoms with van der Waals surface area (Å²) >= 11 is 0. The zero-order chi connectivity index (χ0) is 25.3. The molecule has 7 heteroatoms. The van der Waals surface area contributed by atoms with Gasteiger partial charge in [-0.25, -0.2) is 0 Å². The van der Waals surface area contributed by atoms with Gasteiger partial charge in [-0.2, -0.15) is 0 Å². The van der Waals surface area contributed by atoms with Crippen LogP contribution < -0.4 is 25.4 Å². The highest BCUT2D eigenvalue weighted by Gasteiger charge is 2.30. The highest BCUT2D eigenvalue weighted by Crippen LogP contribution is 2.36. The fraction of sp³-hybridized carbons (Fsp3) is 0.517. The number of carbonyl (C=O) groups excluding carboxylic acids is 2. The second kappa shape index (κ2) is 12.7. The average Bonchev–Trinajstić information content (AvgIpc) is 3.33. The molecule has 1 aliphatic carbocycles. The first-order valence-corrected chi connectivity index (χ1v) is 13.2. The standard InChI is InChI=1S/C29H39N3O4/c1-35-23-10-6-9-21(17-23)28(33)30-16-14-25(20-7-4-3-5-8-20)29(34)31-15-13-22-19-32-27-12-11-24(36-2)18-26(22)27/h6,9-12,17-18,20,22,25,32H,3-5,7-8,13-16,19H2,1-2H3,(H,30,33)(H,31,34). The number of anilines is 1. The largest absolute Gasteiger partial charge is 0.497 e. The molecule has 3 N–H and O–H groups in total. The van der Waals surface area contributed by atoms with Crippen LogP contribution in [0.3, 0.4) is 0 Å². The zero-order valence-electron chi connectivity index (χ0n) is 21.5. The Bertz CT molecular complexity index is 1030. The van der Waals surface area contributed by atoms with Gasteiger partial charge in [-0.05, 0) is 73.6 Å². The normalized spacial score (nSPS) is 18.0. The molecule has 2 atom stereocenters. The molecular weight excluding hydrogens is 454 g/mol. The van der Waals surface area contributed by atoms with Crippen LogP contribution in [0, 0.1) is 11.8 Å². The lowest BCUT2D eigenvalue weighted by Gasteiger charge is -2.29. The molecule has 1 fully saturated rings. The average molecular weight is 494 g/mol. The van der Waals surface area contributed by atoms with Crippen molar-refractivity contribution >= 4 is 17.5 Å². The first-order valence-electron chi connectivity index (χ1n) is 13.2. The van der Waals surface area contributed by atoms with E-state index in [2.05, 4.69) is 28.1 Å². The molecule has 194 valence electrons. The summed E-state index contributed by atoms with van der Waals surface area (Å²) in [4.78, 5) is 25.9. The maximum absolute atomic E-state index is 13.3. The highest BCUT2D eigenvalue weighted by molar-refractivity contribution is 5.94. The second-order valence-electron chi connectivity index (χ2n) is 9.89. The van der Waals surface area contributed by atoms with E-state index < -0.39 is 0 Å². The minimum Gasteiger partial charge on any atom is -0.497 e. The molecule has 36 heavy (non-hydrogen) atoms. The van der Waals surface area contributed by atoms with Crippen molar-refractivity contribution in [3.8, 4) is 11.5 Å². The molecule has 2 unspecified atom stereocenters. The number of nitrogens with one attached hydrogen (secondary N) is 3. The maximum atomic E-state index is 13.3. The van der Waals surface area contributed by atoms with Crippen molar-refractivity contribution in [2.24, 2.45) is 11.8 Å². The van der Waals surface area contributed by atoms with Gasteiger partial charge in [-0.3, -0.25) is 9.59 Å². The van der Waals surface area contributed by atoms with Crippen LogP contribution in [0.15, 0.2) is 42.5 Å². The van der Waals surface area contributed by atoms with Crippen molar-refractivity contribution in [2.75, 3.05) is 39.2 Å². The number of benzene rings is 2. The highest BCUT2D eigenvalue weighted by atomic mass is 16.5. The van der Waals surface area contributed by atoms with Crippen LogP contribution >= 0.6 is 0 Å². The Labute approximate surface area is 214 Å². The molecular formula is C29H39N3O4. The van der Waals surface area contributed by atoms with E-state index in [-0.39, 0.29) is 17.7 Å². The Hall–Kier alpha value is -3.22. The molecule has 2 aromatic carbocycles.